The molecule has 29 heavy (non-hydrogen) atoms. The van der Waals surface area contributed by atoms with Crippen molar-refractivity contribution >= 4 is 5.57 Å². The van der Waals surface area contributed by atoms with Gasteiger partial charge in [-0.2, -0.15) is 0 Å². The van der Waals surface area contributed by atoms with E-state index in [2.05, 4.69) is 0 Å². The van der Waals surface area contributed by atoms with Crippen LogP contribution in [0.2, 0.25) is 0 Å². The lowest BCUT2D eigenvalue weighted by Gasteiger charge is -2.23. The largest absolute Gasteiger partial charge is 0.508 e. The fraction of sp³-hybridized carbons (Fsp3) is 0.462. The van der Waals surface area contributed by atoms with Crippen molar-refractivity contribution in [3.8, 4) is 11.5 Å². The summed E-state index contributed by atoms with van der Waals surface area (Å²) in [6.45, 7) is 0.138. The molecule has 2 atom stereocenters. The summed E-state index contributed by atoms with van der Waals surface area (Å²) < 4.78 is 0. The Bertz CT molecular complexity index is 782. The molecule has 0 saturated heterocycles. The molecule has 0 amide bonds. The van der Waals surface area contributed by atoms with Gasteiger partial charge in [-0.1, -0.05) is 55.5 Å². The van der Waals surface area contributed by atoms with Crippen LogP contribution in [0.5, 0.6) is 11.5 Å². The van der Waals surface area contributed by atoms with Crippen molar-refractivity contribution < 1.29 is 15.3 Å². The second-order valence-electron chi connectivity index (χ2n) is 8.78. The first-order valence-electron chi connectivity index (χ1n) is 11.1. The van der Waals surface area contributed by atoms with Crippen LogP contribution in [0.25, 0.3) is 5.57 Å². The smallest absolute Gasteiger partial charge is 0.115 e. The van der Waals surface area contributed by atoms with Crippen LogP contribution in [0.3, 0.4) is 0 Å². The molecule has 2 unspecified atom stereocenters. The highest BCUT2D eigenvalue weighted by Gasteiger charge is 2.34. The Balaban J connectivity index is 1.74. The third-order valence-corrected chi connectivity index (χ3v) is 7.05. The molecule has 2 aromatic carbocycles. The number of hydrogen-bond acceptors (Lipinski definition) is 3. The molecule has 3 nitrogen and oxygen atoms in total. The number of benzene rings is 2. The molecule has 0 aliphatic heterocycles. The molecule has 0 radical (unpaired) electrons. The fourth-order valence-corrected chi connectivity index (χ4v) is 5.64. The maximum absolute atomic E-state index is 9.89. The molecule has 2 saturated carbocycles. The molecular weight excluding hydrogens is 360 g/mol. The molecule has 3 heteroatoms. The zero-order chi connectivity index (χ0) is 20.2. The standard InChI is InChI=1S/C26H32O3/c27-16-15-25(22-6-5-21(17-22)18-3-1-2-4-18)26(19-7-11-23(28)12-8-19)20-9-13-24(29)14-10-20/h7-14,18,21-22,27-29H,1-6,15-17H2. The third-order valence-electron chi connectivity index (χ3n) is 7.05. The van der Waals surface area contributed by atoms with Gasteiger partial charge in [-0.25, -0.2) is 0 Å². The van der Waals surface area contributed by atoms with Gasteiger partial charge in [0.1, 0.15) is 11.5 Å². The Morgan fingerprint density at radius 3 is 1.79 bits per heavy atom. The molecule has 0 aromatic heterocycles. The third kappa shape index (κ3) is 4.51. The number of phenolic OH excluding ortho intramolecular Hbond substituents is 2. The van der Waals surface area contributed by atoms with E-state index in [9.17, 15) is 15.3 Å². The number of aliphatic hydroxyl groups is 1. The van der Waals surface area contributed by atoms with Gasteiger partial charge in [0.05, 0.1) is 0 Å². The Hall–Kier alpha value is -2.26. The van der Waals surface area contributed by atoms with Crippen LogP contribution in [0.4, 0.5) is 0 Å². The van der Waals surface area contributed by atoms with Crippen LogP contribution >= 0.6 is 0 Å². The summed E-state index contributed by atoms with van der Waals surface area (Å²) in [5, 5.41) is 29.4. The monoisotopic (exact) mass is 392 g/mol. The minimum Gasteiger partial charge on any atom is -0.508 e. The van der Waals surface area contributed by atoms with Crippen molar-refractivity contribution in [2.24, 2.45) is 17.8 Å². The Morgan fingerprint density at radius 2 is 1.28 bits per heavy atom. The number of aliphatic hydroxyl groups excluding tert-OH is 1. The van der Waals surface area contributed by atoms with E-state index in [1.54, 1.807) is 24.3 Å². The molecule has 2 fully saturated rings. The highest BCUT2D eigenvalue weighted by molar-refractivity contribution is 5.83. The van der Waals surface area contributed by atoms with E-state index in [1.165, 1.54) is 50.5 Å². The lowest BCUT2D eigenvalue weighted by molar-refractivity contribution is 0.292. The SMILES string of the molecule is OCCC(=C(c1ccc(O)cc1)c1ccc(O)cc1)C1CCC(C2CCCC2)C1. The molecule has 2 aliphatic carbocycles. The average molecular weight is 393 g/mol. The maximum Gasteiger partial charge on any atom is 0.115 e. The van der Waals surface area contributed by atoms with E-state index in [4.69, 9.17) is 0 Å². The van der Waals surface area contributed by atoms with Crippen molar-refractivity contribution in [2.45, 2.75) is 51.4 Å². The molecule has 2 aliphatic rings. The van der Waals surface area contributed by atoms with E-state index in [0.717, 1.165) is 28.5 Å². The lowest BCUT2D eigenvalue weighted by Crippen LogP contribution is -2.10. The van der Waals surface area contributed by atoms with Gasteiger partial charge in [-0.05, 0) is 84.4 Å². The topological polar surface area (TPSA) is 60.7 Å². The minimum absolute atomic E-state index is 0.138. The highest BCUT2D eigenvalue weighted by Crippen LogP contribution is 2.47. The second kappa shape index (κ2) is 9.04. The second-order valence-corrected chi connectivity index (χ2v) is 8.78. The van der Waals surface area contributed by atoms with Gasteiger partial charge in [0, 0.05) is 6.61 Å². The zero-order valence-electron chi connectivity index (χ0n) is 17.1. The summed E-state index contributed by atoms with van der Waals surface area (Å²) in [5.41, 5.74) is 4.59. The molecule has 0 spiro atoms. The minimum atomic E-state index is 0.138. The molecule has 4 rings (SSSR count). The van der Waals surface area contributed by atoms with Gasteiger partial charge >= 0.3 is 0 Å². The molecule has 0 heterocycles. The van der Waals surface area contributed by atoms with Gasteiger partial charge in [0.15, 0.2) is 0 Å². The first-order chi connectivity index (χ1) is 14.2. The number of aromatic hydroxyl groups is 2. The van der Waals surface area contributed by atoms with Gasteiger partial charge in [0.2, 0.25) is 0 Å². The molecule has 0 bridgehead atoms. The number of phenols is 2. The highest BCUT2D eigenvalue weighted by atomic mass is 16.3. The van der Waals surface area contributed by atoms with Gasteiger partial charge in [-0.15, -0.1) is 0 Å². The van der Waals surface area contributed by atoms with Crippen molar-refractivity contribution in [1.29, 1.82) is 0 Å². The van der Waals surface area contributed by atoms with E-state index in [1.807, 2.05) is 24.3 Å². The number of rotatable bonds is 6. The summed E-state index contributed by atoms with van der Waals surface area (Å²) in [7, 11) is 0. The van der Waals surface area contributed by atoms with Gasteiger partial charge in [0.25, 0.3) is 0 Å². The Kier molecular flexibility index (Phi) is 6.25. The first kappa shape index (κ1) is 20.0. The van der Waals surface area contributed by atoms with Crippen LogP contribution in [-0.2, 0) is 0 Å². The normalized spacial score (nSPS) is 22.1. The van der Waals surface area contributed by atoms with Crippen LogP contribution in [0, 0.1) is 17.8 Å². The van der Waals surface area contributed by atoms with Crippen molar-refractivity contribution in [2.75, 3.05) is 6.61 Å². The van der Waals surface area contributed by atoms with Crippen molar-refractivity contribution in [1.82, 2.24) is 0 Å². The quantitative estimate of drug-likeness (QED) is 0.574. The Morgan fingerprint density at radius 1 is 0.724 bits per heavy atom. The van der Waals surface area contributed by atoms with Crippen molar-refractivity contribution in [3.63, 3.8) is 0 Å². The summed E-state index contributed by atoms with van der Waals surface area (Å²) in [5.74, 6) is 2.71. The molecule has 154 valence electrons. The Labute approximate surface area is 173 Å². The van der Waals surface area contributed by atoms with Gasteiger partial charge in [-0.3, -0.25) is 0 Å². The summed E-state index contributed by atoms with van der Waals surface area (Å²) in [6, 6.07) is 14.7. The van der Waals surface area contributed by atoms with Crippen LogP contribution in [-0.4, -0.2) is 21.9 Å². The predicted octanol–water partition coefficient (Wildman–Crippen LogP) is 5.89. The lowest BCUT2D eigenvalue weighted by atomic mass is 9.82. The average Bonchev–Trinajstić information content (AvgIpc) is 3.42. The fourth-order valence-electron chi connectivity index (χ4n) is 5.64. The van der Waals surface area contributed by atoms with Gasteiger partial charge < -0.3 is 15.3 Å². The van der Waals surface area contributed by atoms with E-state index in [0.29, 0.717) is 12.3 Å². The van der Waals surface area contributed by atoms with Crippen molar-refractivity contribution in [3.05, 3.63) is 65.2 Å². The number of hydrogen-bond donors (Lipinski definition) is 3. The molecule has 2 aromatic rings. The predicted molar refractivity (Wildman–Crippen MR) is 117 cm³/mol. The summed E-state index contributed by atoms with van der Waals surface area (Å²) >= 11 is 0. The maximum atomic E-state index is 9.89. The van der Waals surface area contributed by atoms with E-state index >= 15 is 0 Å². The molecule has 3 N–H and O–H groups in total. The van der Waals surface area contributed by atoms with E-state index < -0.39 is 0 Å². The van der Waals surface area contributed by atoms with Crippen LogP contribution < -0.4 is 0 Å². The van der Waals surface area contributed by atoms with Crippen LogP contribution in [0.15, 0.2) is 54.1 Å². The summed E-state index contributed by atoms with van der Waals surface area (Å²) in [6.07, 6.45) is 9.92. The first-order valence-corrected chi connectivity index (χ1v) is 11.1. The molecular formula is C26H32O3. The van der Waals surface area contributed by atoms with Crippen LogP contribution in [0.1, 0.15) is 62.5 Å². The zero-order valence-corrected chi connectivity index (χ0v) is 17.1. The van der Waals surface area contributed by atoms with E-state index in [-0.39, 0.29) is 18.1 Å². The summed E-state index contributed by atoms with van der Waals surface area (Å²) in [4.78, 5) is 0.